The van der Waals surface area contributed by atoms with Crippen molar-refractivity contribution in [1.29, 1.82) is 0 Å². The first-order chi connectivity index (χ1) is 7.69. The standard InChI is InChI=1S/C13H26N2O/c1-3-11(14)10-13(16)15(4-2)12-8-6-5-7-9-12/h11-12H,3-10,14H2,1-2H3. The van der Waals surface area contributed by atoms with Crippen LogP contribution in [-0.4, -0.2) is 29.4 Å². The van der Waals surface area contributed by atoms with Crippen molar-refractivity contribution in [3.05, 3.63) is 0 Å². The van der Waals surface area contributed by atoms with Gasteiger partial charge in [-0.2, -0.15) is 0 Å². The van der Waals surface area contributed by atoms with Crippen molar-refractivity contribution in [3.8, 4) is 0 Å². The van der Waals surface area contributed by atoms with Crippen molar-refractivity contribution in [3.63, 3.8) is 0 Å². The molecule has 0 bridgehead atoms. The molecule has 94 valence electrons. The molecule has 0 heterocycles. The van der Waals surface area contributed by atoms with Crippen LogP contribution < -0.4 is 5.73 Å². The highest BCUT2D eigenvalue weighted by Crippen LogP contribution is 2.23. The van der Waals surface area contributed by atoms with Crippen molar-refractivity contribution in [2.75, 3.05) is 6.54 Å². The Kier molecular flexibility index (Phi) is 5.81. The van der Waals surface area contributed by atoms with Gasteiger partial charge in [0.1, 0.15) is 0 Å². The normalized spacial score (nSPS) is 19.4. The Balaban J connectivity index is 2.48. The Hall–Kier alpha value is -0.570. The largest absolute Gasteiger partial charge is 0.340 e. The molecule has 3 nitrogen and oxygen atoms in total. The molecule has 0 spiro atoms. The topological polar surface area (TPSA) is 46.3 Å². The van der Waals surface area contributed by atoms with Gasteiger partial charge in [0.05, 0.1) is 0 Å². The fraction of sp³-hybridized carbons (Fsp3) is 0.923. The van der Waals surface area contributed by atoms with Gasteiger partial charge in [0.15, 0.2) is 0 Å². The Morgan fingerprint density at radius 3 is 2.44 bits per heavy atom. The molecule has 2 N–H and O–H groups in total. The van der Waals surface area contributed by atoms with Gasteiger partial charge in [0.2, 0.25) is 5.91 Å². The molecule has 0 saturated heterocycles. The van der Waals surface area contributed by atoms with Crippen molar-refractivity contribution in [2.24, 2.45) is 5.73 Å². The lowest BCUT2D eigenvalue weighted by molar-refractivity contribution is -0.134. The molecule has 3 heteroatoms. The zero-order chi connectivity index (χ0) is 12.0. The summed E-state index contributed by atoms with van der Waals surface area (Å²) < 4.78 is 0. The van der Waals surface area contributed by atoms with E-state index in [0.29, 0.717) is 12.5 Å². The quantitative estimate of drug-likeness (QED) is 0.782. The molecule has 1 rings (SSSR count). The molecule has 1 atom stereocenters. The maximum absolute atomic E-state index is 12.1. The molecule has 0 radical (unpaired) electrons. The summed E-state index contributed by atoms with van der Waals surface area (Å²) in [7, 11) is 0. The van der Waals surface area contributed by atoms with Crippen LogP contribution in [0, 0.1) is 0 Å². The Labute approximate surface area is 99.4 Å². The van der Waals surface area contributed by atoms with Crippen molar-refractivity contribution < 1.29 is 4.79 Å². The second-order valence-corrected chi connectivity index (χ2v) is 4.84. The molecule has 0 aliphatic heterocycles. The van der Waals surface area contributed by atoms with E-state index in [1.165, 1.54) is 32.1 Å². The van der Waals surface area contributed by atoms with Gasteiger partial charge in [-0.3, -0.25) is 4.79 Å². The van der Waals surface area contributed by atoms with E-state index in [4.69, 9.17) is 5.73 Å². The summed E-state index contributed by atoms with van der Waals surface area (Å²) in [6, 6.07) is 0.514. The van der Waals surface area contributed by atoms with E-state index in [1.54, 1.807) is 0 Å². The van der Waals surface area contributed by atoms with Crippen LogP contribution in [0.4, 0.5) is 0 Å². The molecule has 1 unspecified atom stereocenters. The van der Waals surface area contributed by atoms with Gasteiger partial charge in [0.25, 0.3) is 0 Å². The number of amides is 1. The third-order valence-electron chi connectivity index (χ3n) is 3.64. The number of nitrogens with two attached hydrogens (primary N) is 1. The van der Waals surface area contributed by atoms with Gasteiger partial charge in [-0.05, 0) is 26.2 Å². The lowest BCUT2D eigenvalue weighted by atomic mass is 9.93. The predicted octanol–water partition coefficient (Wildman–Crippen LogP) is 2.29. The molecule has 1 saturated carbocycles. The van der Waals surface area contributed by atoms with E-state index in [0.717, 1.165) is 13.0 Å². The third kappa shape index (κ3) is 3.78. The second-order valence-electron chi connectivity index (χ2n) is 4.84. The van der Waals surface area contributed by atoms with E-state index in [9.17, 15) is 4.79 Å². The monoisotopic (exact) mass is 226 g/mol. The average Bonchev–Trinajstić information content (AvgIpc) is 2.31. The van der Waals surface area contributed by atoms with Crippen LogP contribution >= 0.6 is 0 Å². The van der Waals surface area contributed by atoms with Gasteiger partial charge in [-0.1, -0.05) is 26.2 Å². The summed E-state index contributed by atoms with van der Waals surface area (Å²) in [6.45, 7) is 4.94. The summed E-state index contributed by atoms with van der Waals surface area (Å²) in [6.07, 6.45) is 7.63. The van der Waals surface area contributed by atoms with Crippen LogP contribution in [0.2, 0.25) is 0 Å². The minimum Gasteiger partial charge on any atom is -0.340 e. The maximum Gasteiger partial charge on any atom is 0.224 e. The third-order valence-corrected chi connectivity index (χ3v) is 3.64. The summed E-state index contributed by atoms with van der Waals surface area (Å²) in [4.78, 5) is 14.1. The number of rotatable bonds is 5. The predicted molar refractivity (Wildman–Crippen MR) is 67.1 cm³/mol. The molecule has 1 aliphatic rings. The zero-order valence-electron chi connectivity index (χ0n) is 10.7. The fourth-order valence-electron chi connectivity index (χ4n) is 2.52. The molecule has 0 aromatic rings. The van der Waals surface area contributed by atoms with Crippen LogP contribution in [0.5, 0.6) is 0 Å². The van der Waals surface area contributed by atoms with Gasteiger partial charge < -0.3 is 10.6 Å². The second kappa shape index (κ2) is 6.89. The van der Waals surface area contributed by atoms with E-state index in [1.807, 2.05) is 6.92 Å². The highest BCUT2D eigenvalue weighted by Gasteiger charge is 2.24. The Bertz CT molecular complexity index is 212. The average molecular weight is 226 g/mol. The van der Waals surface area contributed by atoms with Gasteiger partial charge >= 0.3 is 0 Å². The van der Waals surface area contributed by atoms with E-state index in [2.05, 4.69) is 11.8 Å². The van der Waals surface area contributed by atoms with Gasteiger partial charge in [-0.15, -0.1) is 0 Å². The van der Waals surface area contributed by atoms with E-state index < -0.39 is 0 Å². The SMILES string of the molecule is CCC(N)CC(=O)N(CC)C1CCCCC1. The van der Waals surface area contributed by atoms with Crippen molar-refractivity contribution in [1.82, 2.24) is 4.90 Å². The summed E-state index contributed by atoms with van der Waals surface area (Å²) in [5.41, 5.74) is 5.85. The molecule has 1 amide bonds. The first kappa shape index (κ1) is 13.5. The van der Waals surface area contributed by atoms with Crippen LogP contribution in [0.1, 0.15) is 58.8 Å². The fourth-order valence-corrected chi connectivity index (χ4v) is 2.52. The molecule has 16 heavy (non-hydrogen) atoms. The highest BCUT2D eigenvalue weighted by atomic mass is 16.2. The number of carbonyl (C=O) groups is 1. The first-order valence-electron chi connectivity index (χ1n) is 6.74. The minimum absolute atomic E-state index is 0.0325. The number of hydrogen-bond acceptors (Lipinski definition) is 2. The van der Waals surface area contributed by atoms with E-state index >= 15 is 0 Å². The van der Waals surface area contributed by atoms with Crippen LogP contribution in [-0.2, 0) is 4.79 Å². The summed E-state index contributed by atoms with van der Waals surface area (Å²) >= 11 is 0. The van der Waals surface area contributed by atoms with E-state index in [-0.39, 0.29) is 11.9 Å². The lowest BCUT2D eigenvalue weighted by Crippen LogP contribution is -2.43. The smallest absolute Gasteiger partial charge is 0.224 e. The van der Waals surface area contributed by atoms with Crippen LogP contribution in [0.25, 0.3) is 0 Å². The molecular weight excluding hydrogens is 200 g/mol. The Morgan fingerprint density at radius 2 is 1.94 bits per heavy atom. The van der Waals surface area contributed by atoms with Gasteiger partial charge in [-0.25, -0.2) is 0 Å². The summed E-state index contributed by atoms with van der Waals surface area (Å²) in [5, 5.41) is 0. The lowest BCUT2D eigenvalue weighted by Gasteiger charge is -2.34. The molecular formula is C13H26N2O. The molecule has 0 aromatic heterocycles. The zero-order valence-corrected chi connectivity index (χ0v) is 10.7. The van der Waals surface area contributed by atoms with Crippen LogP contribution in [0.3, 0.4) is 0 Å². The molecule has 0 aromatic carbocycles. The number of nitrogens with zero attached hydrogens (tertiary/aromatic N) is 1. The molecule has 1 fully saturated rings. The first-order valence-corrected chi connectivity index (χ1v) is 6.74. The maximum atomic E-state index is 12.1. The van der Waals surface area contributed by atoms with Crippen molar-refractivity contribution >= 4 is 5.91 Å². The van der Waals surface area contributed by atoms with Crippen LogP contribution in [0.15, 0.2) is 0 Å². The minimum atomic E-state index is 0.0325. The Morgan fingerprint density at radius 1 is 1.31 bits per heavy atom. The highest BCUT2D eigenvalue weighted by molar-refractivity contribution is 5.77. The van der Waals surface area contributed by atoms with Crippen molar-refractivity contribution in [2.45, 2.75) is 70.9 Å². The number of carbonyl (C=O) groups excluding carboxylic acids is 1. The molecule has 1 aliphatic carbocycles. The summed E-state index contributed by atoms with van der Waals surface area (Å²) in [5.74, 6) is 0.253. The number of hydrogen-bond donors (Lipinski definition) is 1. The van der Waals surface area contributed by atoms with Gasteiger partial charge in [0, 0.05) is 25.0 Å².